The number of benzene rings is 1. The molecule has 3 nitrogen and oxygen atoms in total. The molecule has 1 fully saturated rings. The van der Waals surface area contributed by atoms with Crippen molar-refractivity contribution in [1.82, 2.24) is 10.6 Å². The fraction of sp³-hybridized carbons (Fsp3) is 0.455. The van der Waals surface area contributed by atoms with Gasteiger partial charge in [0, 0.05) is 25.7 Å². The molecule has 0 radical (unpaired) electrons. The number of nitrogens with one attached hydrogen (secondary N) is 2. The lowest BCUT2D eigenvalue weighted by molar-refractivity contribution is 0.407. The zero-order valence-electron chi connectivity index (χ0n) is 8.72. The van der Waals surface area contributed by atoms with E-state index in [-0.39, 0.29) is 0 Å². The highest BCUT2D eigenvalue weighted by molar-refractivity contribution is 6.32. The van der Waals surface area contributed by atoms with Crippen LogP contribution >= 0.6 is 11.6 Å². The molecule has 1 heterocycles. The van der Waals surface area contributed by atoms with Gasteiger partial charge < -0.3 is 15.4 Å². The largest absolute Gasteiger partial charge is 0.495 e. The Morgan fingerprint density at radius 1 is 1.40 bits per heavy atom. The number of ether oxygens (including phenoxy) is 1. The molecule has 4 heteroatoms. The first-order valence-electron chi connectivity index (χ1n) is 5.09. The summed E-state index contributed by atoms with van der Waals surface area (Å²) in [6, 6.07) is 6.26. The topological polar surface area (TPSA) is 33.3 Å². The van der Waals surface area contributed by atoms with Gasteiger partial charge in [0.2, 0.25) is 0 Å². The zero-order chi connectivity index (χ0) is 10.7. The van der Waals surface area contributed by atoms with Crippen LogP contribution in [0.3, 0.4) is 0 Å². The van der Waals surface area contributed by atoms with E-state index in [9.17, 15) is 0 Å². The summed E-state index contributed by atoms with van der Waals surface area (Å²) in [5.41, 5.74) is 1.21. The quantitative estimate of drug-likeness (QED) is 0.804. The van der Waals surface area contributed by atoms with E-state index in [1.54, 1.807) is 7.11 Å². The van der Waals surface area contributed by atoms with Crippen LogP contribution in [0.25, 0.3) is 0 Å². The monoisotopic (exact) mass is 226 g/mol. The third-order valence-corrected chi connectivity index (χ3v) is 2.93. The van der Waals surface area contributed by atoms with E-state index in [0.717, 1.165) is 25.4 Å². The van der Waals surface area contributed by atoms with Crippen LogP contribution in [-0.4, -0.2) is 26.7 Å². The molecule has 15 heavy (non-hydrogen) atoms. The highest BCUT2D eigenvalue weighted by Crippen LogP contribution is 2.27. The van der Waals surface area contributed by atoms with E-state index in [1.165, 1.54) is 5.56 Å². The minimum absolute atomic E-state index is 0.352. The van der Waals surface area contributed by atoms with Gasteiger partial charge in [-0.3, -0.25) is 0 Å². The molecule has 1 aromatic carbocycles. The van der Waals surface area contributed by atoms with Crippen molar-refractivity contribution in [2.24, 2.45) is 0 Å². The first kappa shape index (κ1) is 10.7. The molecular formula is C11H15ClN2O. The van der Waals surface area contributed by atoms with E-state index >= 15 is 0 Å². The summed E-state index contributed by atoms with van der Waals surface area (Å²) >= 11 is 5.97. The summed E-state index contributed by atoms with van der Waals surface area (Å²) in [4.78, 5) is 0. The van der Waals surface area contributed by atoms with Gasteiger partial charge in [0.15, 0.2) is 0 Å². The van der Waals surface area contributed by atoms with Gasteiger partial charge in [-0.2, -0.15) is 0 Å². The van der Waals surface area contributed by atoms with Gasteiger partial charge in [-0.1, -0.05) is 17.7 Å². The summed E-state index contributed by atoms with van der Waals surface area (Å²) in [5.74, 6) is 0.738. The second kappa shape index (κ2) is 4.84. The molecule has 0 amide bonds. The molecule has 0 aliphatic carbocycles. The van der Waals surface area contributed by atoms with Crippen LogP contribution in [0.4, 0.5) is 0 Å². The highest BCUT2D eigenvalue weighted by atomic mass is 35.5. The van der Waals surface area contributed by atoms with Crippen molar-refractivity contribution < 1.29 is 4.74 Å². The first-order chi connectivity index (χ1) is 7.31. The second-order valence-corrected chi connectivity index (χ2v) is 4.01. The highest BCUT2D eigenvalue weighted by Gasteiger charge is 2.15. The van der Waals surface area contributed by atoms with Crippen LogP contribution < -0.4 is 15.4 Å². The molecule has 1 aromatic rings. The Kier molecular flexibility index (Phi) is 3.46. The van der Waals surface area contributed by atoms with Crippen molar-refractivity contribution in [1.29, 1.82) is 0 Å². The molecule has 82 valence electrons. The van der Waals surface area contributed by atoms with Crippen molar-refractivity contribution in [2.45, 2.75) is 6.04 Å². The van der Waals surface area contributed by atoms with Crippen LogP contribution in [0.5, 0.6) is 5.75 Å². The third kappa shape index (κ3) is 2.43. The number of halogens is 1. The zero-order valence-corrected chi connectivity index (χ0v) is 9.47. The number of hydrogen-bond acceptors (Lipinski definition) is 3. The normalized spacial score (nSPS) is 21.3. The Hall–Kier alpha value is -0.770. The summed E-state index contributed by atoms with van der Waals surface area (Å²) in [6.45, 7) is 2.97. The van der Waals surface area contributed by atoms with Crippen LogP contribution in [-0.2, 0) is 0 Å². The SMILES string of the molecule is COc1cc([C@H]2CNCCN2)ccc1Cl. The molecule has 0 bridgehead atoms. The van der Waals surface area contributed by atoms with Gasteiger partial charge in [-0.15, -0.1) is 0 Å². The Morgan fingerprint density at radius 2 is 2.27 bits per heavy atom. The fourth-order valence-electron chi connectivity index (χ4n) is 1.78. The van der Waals surface area contributed by atoms with Crippen molar-refractivity contribution in [2.75, 3.05) is 26.7 Å². The van der Waals surface area contributed by atoms with Crippen molar-refractivity contribution in [3.8, 4) is 5.75 Å². The Balaban J connectivity index is 2.20. The lowest BCUT2D eigenvalue weighted by atomic mass is 10.1. The van der Waals surface area contributed by atoms with Crippen LogP contribution in [0.1, 0.15) is 11.6 Å². The smallest absolute Gasteiger partial charge is 0.137 e. The van der Waals surface area contributed by atoms with E-state index in [4.69, 9.17) is 16.3 Å². The van der Waals surface area contributed by atoms with E-state index in [1.807, 2.05) is 18.2 Å². The Labute approximate surface area is 94.8 Å². The molecule has 0 unspecified atom stereocenters. The van der Waals surface area contributed by atoms with Gasteiger partial charge in [-0.05, 0) is 17.7 Å². The van der Waals surface area contributed by atoms with Crippen molar-refractivity contribution in [3.05, 3.63) is 28.8 Å². The maximum absolute atomic E-state index is 5.97. The molecule has 0 saturated carbocycles. The average molecular weight is 227 g/mol. The van der Waals surface area contributed by atoms with Crippen LogP contribution in [0.2, 0.25) is 5.02 Å². The van der Waals surface area contributed by atoms with Gasteiger partial charge in [-0.25, -0.2) is 0 Å². The molecular weight excluding hydrogens is 212 g/mol. The summed E-state index contributed by atoms with van der Waals surface area (Å²) < 4.78 is 5.20. The van der Waals surface area contributed by atoms with Crippen molar-refractivity contribution in [3.63, 3.8) is 0 Å². The molecule has 0 spiro atoms. The van der Waals surface area contributed by atoms with Crippen molar-refractivity contribution >= 4 is 11.6 Å². The average Bonchev–Trinajstić information content (AvgIpc) is 2.31. The van der Waals surface area contributed by atoms with E-state index in [2.05, 4.69) is 10.6 Å². The van der Waals surface area contributed by atoms with Gasteiger partial charge >= 0.3 is 0 Å². The molecule has 1 aliphatic heterocycles. The minimum Gasteiger partial charge on any atom is -0.495 e. The van der Waals surface area contributed by atoms with Gasteiger partial charge in [0.1, 0.15) is 5.75 Å². The maximum Gasteiger partial charge on any atom is 0.137 e. The van der Waals surface area contributed by atoms with Crippen LogP contribution in [0, 0.1) is 0 Å². The molecule has 1 saturated heterocycles. The minimum atomic E-state index is 0.352. The number of methoxy groups -OCH3 is 1. The standard InChI is InChI=1S/C11H15ClN2O/c1-15-11-6-8(2-3-9(11)12)10-7-13-4-5-14-10/h2-3,6,10,13-14H,4-5,7H2,1H3/t10-/m1/s1. The summed E-state index contributed by atoms with van der Waals surface area (Å²) in [7, 11) is 1.64. The molecule has 1 aliphatic rings. The second-order valence-electron chi connectivity index (χ2n) is 3.60. The molecule has 1 atom stereocenters. The number of rotatable bonds is 2. The lowest BCUT2D eigenvalue weighted by Crippen LogP contribution is -2.42. The molecule has 0 aromatic heterocycles. The van der Waals surface area contributed by atoms with E-state index < -0.39 is 0 Å². The third-order valence-electron chi connectivity index (χ3n) is 2.62. The molecule has 2 N–H and O–H groups in total. The summed E-state index contributed by atoms with van der Waals surface area (Å²) in [6.07, 6.45) is 0. The van der Waals surface area contributed by atoms with E-state index in [0.29, 0.717) is 11.1 Å². The molecule has 2 rings (SSSR count). The predicted octanol–water partition coefficient (Wildman–Crippen LogP) is 1.58. The first-order valence-corrected chi connectivity index (χ1v) is 5.46. The number of piperazine rings is 1. The Morgan fingerprint density at radius 3 is 2.93 bits per heavy atom. The maximum atomic E-state index is 5.97. The Bertz CT molecular complexity index is 337. The summed E-state index contributed by atoms with van der Waals surface area (Å²) in [5, 5.41) is 7.45. The van der Waals surface area contributed by atoms with Gasteiger partial charge in [0.25, 0.3) is 0 Å². The van der Waals surface area contributed by atoms with Gasteiger partial charge in [0.05, 0.1) is 12.1 Å². The van der Waals surface area contributed by atoms with Crippen LogP contribution in [0.15, 0.2) is 18.2 Å². The predicted molar refractivity (Wildman–Crippen MR) is 61.6 cm³/mol. The number of hydrogen-bond donors (Lipinski definition) is 2. The fourth-order valence-corrected chi connectivity index (χ4v) is 1.98. The lowest BCUT2D eigenvalue weighted by Gasteiger charge is -2.25.